The number of pyridine rings is 1. The van der Waals surface area contributed by atoms with Crippen LogP contribution in [0.2, 0.25) is 0 Å². The van der Waals surface area contributed by atoms with Gasteiger partial charge in [-0.2, -0.15) is 4.98 Å². The minimum Gasteiger partial charge on any atom is -0.465 e. The first-order valence-corrected chi connectivity index (χ1v) is 14.9. The Bertz CT molecular complexity index is 1180. The maximum absolute atomic E-state index is 5.56. The van der Waals surface area contributed by atoms with Crippen LogP contribution >= 0.6 is 0 Å². The summed E-state index contributed by atoms with van der Waals surface area (Å²) in [4.78, 5) is 13.6. The Kier molecular flexibility index (Phi) is 16.2. The number of aromatic nitrogens is 5. The third-order valence-corrected chi connectivity index (χ3v) is 5.98. The van der Waals surface area contributed by atoms with Crippen LogP contribution < -0.4 is 4.74 Å². The lowest BCUT2D eigenvalue weighted by molar-refractivity contribution is 0.229. The second kappa shape index (κ2) is 18.8. The standard InChI is InChI=1S/C13H14N2O.C12H13N3.4C2H6/c1-10-12(11-6-3-2-4-7-11)14-13-15(10)8-5-9-16-13;1-9-12(10-5-2-3-7-13-10)14-11-6-4-8-15(9)11;4*1-2/h2-4,6-7H,5,8-9H2,1H3;2-3,5,7H,4,6,8H2,1H3;4*1-2H3. The predicted octanol–water partition coefficient (Wildman–Crippen LogP) is 8.95. The molecule has 0 aliphatic carbocycles. The predicted molar refractivity (Wildman–Crippen MR) is 166 cm³/mol. The van der Waals surface area contributed by atoms with Crippen LogP contribution in [0.3, 0.4) is 0 Å². The molecule has 39 heavy (non-hydrogen) atoms. The van der Waals surface area contributed by atoms with Gasteiger partial charge in [-0.15, -0.1) is 0 Å². The first-order valence-electron chi connectivity index (χ1n) is 14.9. The molecule has 0 atom stereocenters. The van der Waals surface area contributed by atoms with E-state index in [-0.39, 0.29) is 0 Å². The fourth-order valence-corrected chi connectivity index (χ4v) is 4.36. The Morgan fingerprint density at radius 1 is 0.667 bits per heavy atom. The van der Waals surface area contributed by atoms with Crippen LogP contribution in [0.4, 0.5) is 0 Å². The van der Waals surface area contributed by atoms with Gasteiger partial charge in [-0.3, -0.25) is 9.55 Å². The van der Waals surface area contributed by atoms with E-state index in [0.717, 1.165) is 61.2 Å². The number of imidazole rings is 2. The lowest BCUT2D eigenvalue weighted by Crippen LogP contribution is -2.14. The number of hydrogen-bond donors (Lipinski definition) is 0. The molecule has 1 aromatic carbocycles. The summed E-state index contributed by atoms with van der Waals surface area (Å²) in [6.07, 6.45) is 5.22. The second-order valence-corrected chi connectivity index (χ2v) is 7.98. The number of benzene rings is 1. The van der Waals surface area contributed by atoms with Crippen molar-refractivity contribution >= 4 is 0 Å². The molecule has 6 heteroatoms. The van der Waals surface area contributed by atoms with E-state index >= 15 is 0 Å². The van der Waals surface area contributed by atoms with Gasteiger partial charge in [0.25, 0.3) is 6.01 Å². The van der Waals surface area contributed by atoms with Gasteiger partial charge < -0.3 is 9.30 Å². The summed E-state index contributed by atoms with van der Waals surface area (Å²) in [5.74, 6) is 1.22. The largest absolute Gasteiger partial charge is 0.465 e. The van der Waals surface area contributed by atoms with Gasteiger partial charge in [0.2, 0.25) is 0 Å². The number of hydrogen-bond acceptors (Lipinski definition) is 4. The minimum absolute atomic E-state index is 0.766. The van der Waals surface area contributed by atoms with Crippen molar-refractivity contribution in [3.05, 3.63) is 71.9 Å². The van der Waals surface area contributed by atoms with Gasteiger partial charge >= 0.3 is 0 Å². The van der Waals surface area contributed by atoms with Crippen LogP contribution in [-0.2, 0) is 19.5 Å². The molecule has 4 aromatic rings. The molecular weight excluding hydrogens is 482 g/mol. The fraction of sp³-hybridized carbons (Fsp3) is 0.485. The third-order valence-electron chi connectivity index (χ3n) is 5.98. The average molecular weight is 534 g/mol. The first-order chi connectivity index (χ1) is 19.2. The van der Waals surface area contributed by atoms with Gasteiger partial charge in [-0.1, -0.05) is 91.8 Å². The third kappa shape index (κ3) is 8.54. The molecule has 214 valence electrons. The number of nitrogens with zero attached hydrogens (tertiary/aromatic N) is 5. The van der Waals surface area contributed by atoms with Crippen LogP contribution in [0.5, 0.6) is 6.01 Å². The molecule has 2 aliphatic rings. The second-order valence-electron chi connectivity index (χ2n) is 7.98. The zero-order valence-corrected chi connectivity index (χ0v) is 26.1. The summed E-state index contributed by atoms with van der Waals surface area (Å²) >= 11 is 0. The smallest absolute Gasteiger partial charge is 0.297 e. The lowest BCUT2D eigenvalue weighted by atomic mass is 10.1. The molecule has 6 rings (SSSR count). The summed E-state index contributed by atoms with van der Waals surface area (Å²) in [6.45, 7) is 23.1. The zero-order chi connectivity index (χ0) is 29.2. The number of fused-ring (bicyclic) bond motifs is 2. The summed E-state index contributed by atoms with van der Waals surface area (Å²) in [5.41, 5.74) is 6.67. The topological polar surface area (TPSA) is 57.8 Å². The van der Waals surface area contributed by atoms with Gasteiger partial charge in [0.05, 0.1) is 18.0 Å². The van der Waals surface area contributed by atoms with Crippen molar-refractivity contribution in [3.8, 4) is 28.7 Å². The summed E-state index contributed by atoms with van der Waals surface area (Å²) in [5, 5.41) is 0. The van der Waals surface area contributed by atoms with Crippen molar-refractivity contribution in [2.24, 2.45) is 0 Å². The van der Waals surface area contributed by atoms with Crippen LogP contribution in [0.1, 0.15) is 85.4 Å². The van der Waals surface area contributed by atoms with Crippen molar-refractivity contribution < 1.29 is 4.74 Å². The summed E-state index contributed by atoms with van der Waals surface area (Å²) < 4.78 is 10.0. The van der Waals surface area contributed by atoms with E-state index in [1.54, 1.807) is 0 Å². The number of aryl methyl sites for hydroxylation is 1. The van der Waals surface area contributed by atoms with E-state index in [2.05, 4.69) is 50.1 Å². The molecule has 0 spiro atoms. The van der Waals surface area contributed by atoms with E-state index in [1.165, 1.54) is 23.6 Å². The molecule has 3 aromatic heterocycles. The first kappa shape index (κ1) is 33.6. The van der Waals surface area contributed by atoms with E-state index in [4.69, 9.17) is 4.74 Å². The Morgan fingerprint density at radius 3 is 1.87 bits per heavy atom. The minimum atomic E-state index is 0.766. The van der Waals surface area contributed by atoms with Crippen molar-refractivity contribution in [1.82, 2.24) is 24.1 Å². The highest BCUT2D eigenvalue weighted by Crippen LogP contribution is 2.29. The molecule has 5 heterocycles. The molecule has 2 aliphatic heterocycles. The molecule has 0 fully saturated rings. The molecule has 0 unspecified atom stereocenters. The van der Waals surface area contributed by atoms with E-state index in [0.29, 0.717) is 0 Å². The lowest BCUT2D eigenvalue weighted by Gasteiger charge is -2.15. The summed E-state index contributed by atoms with van der Waals surface area (Å²) in [7, 11) is 0. The van der Waals surface area contributed by atoms with E-state index in [1.807, 2.05) is 98.0 Å². The molecular formula is C33H51N5O. The van der Waals surface area contributed by atoms with Crippen LogP contribution in [0.25, 0.3) is 22.6 Å². The maximum Gasteiger partial charge on any atom is 0.297 e. The summed E-state index contributed by atoms with van der Waals surface area (Å²) in [6, 6.07) is 17.0. The molecule has 0 bridgehead atoms. The molecule has 0 N–H and O–H groups in total. The van der Waals surface area contributed by atoms with Crippen molar-refractivity contribution in [1.29, 1.82) is 0 Å². The highest BCUT2D eigenvalue weighted by molar-refractivity contribution is 5.62. The number of rotatable bonds is 2. The molecule has 0 saturated heterocycles. The highest BCUT2D eigenvalue weighted by atomic mass is 16.5. The van der Waals surface area contributed by atoms with Crippen molar-refractivity contribution in [2.45, 2.75) is 102 Å². The van der Waals surface area contributed by atoms with Crippen molar-refractivity contribution in [3.63, 3.8) is 0 Å². The van der Waals surface area contributed by atoms with Crippen LogP contribution in [-0.4, -0.2) is 30.7 Å². The Labute approximate surface area is 237 Å². The normalized spacial score (nSPS) is 11.9. The maximum atomic E-state index is 5.56. The van der Waals surface area contributed by atoms with Crippen LogP contribution in [0, 0.1) is 13.8 Å². The average Bonchev–Trinajstić information content (AvgIpc) is 3.73. The van der Waals surface area contributed by atoms with Gasteiger partial charge in [0, 0.05) is 42.7 Å². The molecule has 0 amide bonds. The van der Waals surface area contributed by atoms with Gasteiger partial charge in [-0.05, 0) is 38.8 Å². The van der Waals surface area contributed by atoms with Gasteiger partial charge in [0.1, 0.15) is 11.5 Å². The van der Waals surface area contributed by atoms with Gasteiger partial charge in [-0.25, -0.2) is 4.98 Å². The Balaban J connectivity index is 0.000000312. The zero-order valence-electron chi connectivity index (χ0n) is 26.1. The Morgan fingerprint density at radius 2 is 1.28 bits per heavy atom. The quantitative estimate of drug-likeness (QED) is 0.258. The molecule has 0 saturated carbocycles. The Hall–Kier alpha value is -3.41. The fourth-order valence-electron chi connectivity index (χ4n) is 4.36. The number of ether oxygens (including phenoxy) is 1. The molecule has 0 radical (unpaired) electrons. The van der Waals surface area contributed by atoms with Gasteiger partial charge in [0.15, 0.2) is 0 Å². The van der Waals surface area contributed by atoms with E-state index in [9.17, 15) is 0 Å². The highest BCUT2D eigenvalue weighted by Gasteiger charge is 2.20. The van der Waals surface area contributed by atoms with E-state index < -0.39 is 0 Å². The SMILES string of the molecule is CC.CC.CC.CC.Cc1c(-c2ccccc2)nc2n1CCCO2.Cc1c(-c2ccccn2)nc2n1CCC2. The van der Waals surface area contributed by atoms with Crippen LogP contribution in [0.15, 0.2) is 54.7 Å². The monoisotopic (exact) mass is 533 g/mol. The van der Waals surface area contributed by atoms with Crippen molar-refractivity contribution in [2.75, 3.05) is 6.61 Å². The molecule has 6 nitrogen and oxygen atoms in total.